The van der Waals surface area contributed by atoms with E-state index in [1.165, 1.54) is 6.92 Å². The van der Waals surface area contributed by atoms with Gasteiger partial charge in [0.25, 0.3) is 0 Å². The lowest BCUT2D eigenvalue weighted by Crippen LogP contribution is -2.37. The van der Waals surface area contributed by atoms with Gasteiger partial charge in [0.05, 0.1) is 6.54 Å². The fourth-order valence-corrected chi connectivity index (χ4v) is 1.55. The second-order valence-electron chi connectivity index (χ2n) is 4.18. The second kappa shape index (κ2) is 5.59. The van der Waals surface area contributed by atoms with E-state index in [1.807, 2.05) is 26.0 Å². The van der Waals surface area contributed by atoms with Crippen molar-refractivity contribution in [2.45, 2.75) is 26.8 Å². The number of Topliss-reactive ketones (excluding diaryl/α,β-unsaturated/α-hetero) is 1. The van der Waals surface area contributed by atoms with Crippen LogP contribution < -0.4 is 5.32 Å². The van der Waals surface area contributed by atoms with Gasteiger partial charge >= 0.3 is 5.97 Å². The smallest absolute Gasteiger partial charge is 0.320 e. The molecule has 0 aromatic heterocycles. The Bertz CT molecular complexity index is 440. The summed E-state index contributed by atoms with van der Waals surface area (Å²) in [6.45, 7) is 5.39. The highest BCUT2D eigenvalue weighted by molar-refractivity contribution is 5.99. The zero-order chi connectivity index (χ0) is 13.0. The molecule has 1 aromatic carbocycles. The predicted molar refractivity (Wildman–Crippen MR) is 65.3 cm³/mol. The molecule has 0 saturated carbocycles. The fraction of sp³-hybridized carbons (Fsp3) is 0.385. The first-order valence-electron chi connectivity index (χ1n) is 5.48. The molecule has 0 amide bonds. The van der Waals surface area contributed by atoms with Crippen molar-refractivity contribution in [3.05, 3.63) is 34.9 Å². The Balaban J connectivity index is 2.67. The molecule has 0 aliphatic heterocycles. The first-order chi connectivity index (χ1) is 7.91. The Morgan fingerprint density at radius 3 is 2.53 bits per heavy atom. The van der Waals surface area contributed by atoms with Gasteiger partial charge in [-0.05, 0) is 26.3 Å². The summed E-state index contributed by atoms with van der Waals surface area (Å²) in [5, 5.41) is 11.4. The highest BCUT2D eigenvalue weighted by atomic mass is 16.4. The molecule has 0 saturated heterocycles. The maximum absolute atomic E-state index is 11.8. The normalized spacial score (nSPS) is 12.2. The average Bonchev–Trinajstić information content (AvgIpc) is 2.25. The molecule has 0 fully saturated rings. The van der Waals surface area contributed by atoms with Gasteiger partial charge in [-0.25, -0.2) is 0 Å². The Kier molecular flexibility index (Phi) is 4.40. The van der Waals surface area contributed by atoms with Crippen molar-refractivity contribution in [1.82, 2.24) is 5.32 Å². The molecule has 1 unspecified atom stereocenters. The topological polar surface area (TPSA) is 66.4 Å². The van der Waals surface area contributed by atoms with Gasteiger partial charge in [0, 0.05) is 5.56 Å². The Hall–Kier alpha value is -1.68. The van der Waals surface area contributed by atoms with Crippen molar-refractivity contribution in [1.29, 1.82) is 0 Å². The number of hydrogen-bond acceptors (Lipinski definition) is 3. The van der Waals surface area contributed by atoms with E-state index in [0.29, 0.717) is 5.56 Å². The van der Waals surface area contributed by atoms with Crippen molar-refractivity contribution >= 4 is 11.8 Å². The van der Waals surface area contributed by atoms with Crippen LogP contribution in [0, 0.1) is 13.8 Å². The first-order valence-corrected chi connectivity index (χ1v) is 5.48. The van der Waals surface area contributed by atoms with Crippen LogP contribution in [0.1, 0.15) is 28.4 Å². The highest BCUT2D eigenvalue weighted by Crippen LogP contribution is 2.10. The van der Waals surface area contributed by atoms with Crippen LogP contribution in [0.25, 0.3) is 0 Å². The molecule has 92 valence electrons. The summed E-state index contributed by atoms with van der Waals surface area (Å²) in [6.07, 6.45) is 0. The van der Waals surface area contributed by atoms with Crippen molar-refractivity contribution in [2.75, 3.05) is 6.54 Å². The number of carboxylic acids is 1. The van der Waals surface area contributed by atoms with Crippen LogP contribution in [0.4, 0.5) is 0 Å². The molecule has 1 aromatic rings. The third-order valence-corrected chi connectivity index (χ3v) is 2.62. The molecule has 0 heterocycles. The molecule has 1 atom stereocenters. The van der Waals surface area contributed by atoms with Crippen molar-refractivity contribution in [3.8, 4) is 0 Å². The van der Waals surface area contributed by atoms with Crippen LogP contribution in [0.3, 0.4) is 0 Å². The van der Waals surface area contributed by atoms with Crippen molar-refractivity contribution in [2.24, 2.45) is 0 Å². The molecule has 17 heavy (non-hydrogen) atoms. The van der Waals surface area contributed by atoms with Gasteiger partial charge in [-0.1, -0.05) is 23.8 Å². The van der Waals surface area contributed by atoms with Crippen LogP contribution in [0.5, 0.6) is 0 Å². The molecule has 2 N–H and O–H groups in total. The summed E-state index contributed by atoms with van der Waals surface area (Å²) in [7, 11) is 0. The van der Waals surface area contributed by atoms with Gasteiger partial charge in [0.1, 0.15) is 6.04 Å². The molecule has 0 aliphatic carbocycles. The number of aryl methyl sites for hydroxylation is 2. The van der Waals surface area contributed by atoms with E-state index in [4.69, 9.17) is 5.11 Å². The van der Waals surface area contributed by atoms with E-state index in [9.17, 15) is 9.59 Å². The second-order valence-corrected chi connectivity index (χ2v) is 4.18. The van der Waals surface area contributed by atoms with Crippen LogP contribution in [0.2, 0.25) is 0 Å². The third kappa shape index (κ3) is 3.67. The van der Waals surface area contributed by atoms with Crippen LogP contribution in [0.15, 0.2) is 18.2 Å². The number of aliphatic carboxylic acids is 1. The molecule has 0 bridgehead atoms. The summed E-state index contributed by atoms with van der Waals surface area (Å²) in [5.41, 5.74) is 2.66. The molecule has 4 heteroatoms. The number of ketones is 1. The van der Waals surface area contributed by atoms with Gasteiger partial charge in [0.2, 0.25) is 0 Å². The fourth-order valence-electron chi connectivity index (χ4n) is 1.55. The molecule has 0 radical (unpaired) electrons. The van der Waals surface area contributed by atoms with Gasteiger partial charge < -0.3 is 5.11 Å². The molecular weight excluding hydrogens is 218 g/mol. The van der Waals surface area contributed by atoms with Gasteiger partial charge in [0.15, 0.2) is 5.78 Å². The summed E-state index contributed by atoms with van der Waals surface area (Å²) in [4.78, 5) is 22.4. The molecular formula is C13H17NO3. The summed E-state index contributed by atoms with van der Waals surface area (Å²) in [6, 6.07) is 4.87. The summed E-state index contributed by atoms with van der Waals surface area (Å²) in [5.74, 6) is -1.05. The number of benzene rings is 1. The largest absolute Gasteiger partial charge is 0.480 e. The van der Waals surface area contributed by atoms with Gasteiger partial charge in [-0.15, -0.1) is 0 Å². The number of carbonyl (C=O) groups is 2. The van der Waals surface area contributed by atoms with Crippen LogP contribution >= 0.6 is 0 Å². The maximum atomic E-state index is 11.8. The molecule has 0 aliphatic rings. The zero-order valence-electron chi connectivity index (χ0n) is 10.3. The van der Waals surface area contributed by atoms with Gasteiger partial charge in [-0.2, -0.15) is 0 Å². The van der Waals surface area contributed by atoms with Crippen LogP contribution in [-0.2, 0) is 4.79 Å². The minimum absolute atomic E-state index is 0.0391. The lowest BCUT2D eigenvalue weighted by Gasteiger charge is -2.10. The number of hydrogen-bond donors (Lipinski definition) is 2. The van der Waals surface area contributed by atoms with E-state index >= 15 is 0 Å². The van der Waals surface area contributed by atoms with E-state index in [2.05, 4.69) is 5.32 Å². The molecule has 1 rings (SSSR count). The zero-order valence-corrected chi connectivity index (χ0v) is 10.3. The standard InChI is InChI=1S/C13H17NO3/c1-8-4-5-11(9(2)6-8)12(15)7-14-10(3)13(16)17/h4-6,10,14H,7H2,1-3H3,(H,16,17). The minimum Gasteiger partial charge on any atom is -0.480 e. The maximum Gasteiger partial charge on any atom is 0.320 e. The number of carbonyl (C=O) groups excluding carboxylic acids is 1. The van der Waals surface area contributed by atoms with E-state index in [-0.39, 0.29) is 12.3 Å². The predicted octanol–water partition coefficient (Wildman–Crippen LogP) is 1.55. The lowest BCUT2D eigenvalue weighted by atomic mass is 10.0. The van der Waals surface area contributed by atoms with Gasteiger partial charge in [-0.3, -0.25) is 14.9 Å². The van der Waals surface area contributed by atoms with Crippen molar-refractivity contribution < 1.29 is 14.7 Å². The molecule has 0 spiro atoms. The number of carboxylic acid groups (broad SMARTS) is 1. The molecule has 4 nitrogen and oxygen atoms in total. The van der Waals surface area contributed by atoms with E-state index < -0.39 is 12.0 Å². The van der Waals surface area contributed by atoms with E-state index in [0.717, 1.165) is 11.1 Å². The summed E-state index contributed by atoms with van der Waals surface area (Å²) >= 11 is 0. The quantitative estimate of drug-likeness (QED) is 0.760. The van der Waals surface area contributed by atoms with Crippen molar-refractivity contribution in [3.63, 3.8) is 0 Å². The Morgan fingerprint density at radius 1 is 1.35 bits per heavy atom. The monoisotopic (exact) mass is 235 g/mol. The van der Waals surface area contributed by atoms with E-state index in [1.54, 1.807) is 6.07 Å². The summed E-state index contributed by atoms with van der Waals surface area (Å²) < 4.78 is 0. The Morgan fingerprint density at radius 2 is 2.00 bits per heavy atom. The lowest BCUT2D eigenvalue weighted by molar-refractivity contribution is -0.138. The average molecular weight is 235 g/mol. The number of rotatable bonds is 5. The van der Waals surface area contributed by atoms with Crippen LogP contribution in [-0.4, -0.2) is 29.4 Å². The third-order valence-electron chi connectivity index (χ3n) is 2.62. The number of nitrogens with one attached hydrogen (secondary N) is 1. The first kappa shape index (κ1) is 13.4. The highest BCUT2D eigenvalue weighted by Gasteiger charge is 2.14. The SMILES string of the molecule is Cc1ccc(C(=O)CNC(C)C(=O)O)c(C)c1. The minimum atomic E-state index is -0.960. The Labute approximate surface area is 101 Å².